The van der Waals surface area contributed by atoms with Crippen molar-refractivity contribution in [1.29, 1.82) is 0 Å². The maximum Gasteiger partial charge on any atom is 0.253 e. The molecule has 2 aliphatic rings. The van der Waals surface area contributed by atoms with Crippen LogP contribution in [-0.4, -0.2) is 39.7 Å². The van der Waals surface area contributed by atoms with Crippen molar-refractivity contribution >= 4 is 34.4 Å². The molecule has 1 heterocycles. The molecule has 1 aromatic heterocycles. The molecule has 0 radical (unpaired) electrons. The predicted octanol–water partition coefficient (Wildman–Crippen LogP) is 2.16. The molecule has 6 nitrogen and oxygen atoms in total. The predicted molar refractivity (Wildman–Crippen MR) is 94.3 cm³/mol. The Kier molecular flexibility index (Phi) is 4.26. The summed E-state index contributed by atoms with van der Waals surface area (Å²) in [4.78, 5) is 32.6. The standard InChI is InChI=1S/C18H18ClFN4O2/c19-9-15(25)23-13-8-14(18(13)2-1-3-18)24-17(26)11-6-10(20)7-12-16(11)22-5-4-21-12/h4-7,13-14H,1-3,8-9H2,(H,23,25)(H,24,26). The van der Waals surface area contributed by atoms with E-state index in [9.17, 15) is 14.0 Å². The van der Waals surface area contributed by atoms with Gasteiger partial charge in [-0.05, 0) is 25.3 Å². The van der Waals surface area contributed by atoms with E-state index >= 15 is 0 Å². The molecule has 2 atom stereocenters. The quantitative estimate of drug-likeness (QED) is 0.801. The minimum Gasteiger partial charge on any atom is -0.352 e. The van der Waals surface area contributed by atoms with Crippen LogP contribution in [0.5, 0.6) is 0 Å². The van der Waals surface area contributed by atoms with Crippen molar-refractivity contribution in [3.63, 3.8) is 0 Å². The Hall–Kier alpha value is -2.28. The van der Waals surface area contributed by atoms with Crippen LogP contribution in [0.15, 0.2) is 24.5 Å². The molecule has 1 aromatic carbocycles. The summed E-state index contributed by atoms with van der Waals surface area (Å²) in [5.74, 6) is -1.16. The largest absolute Gasteiger partial charge is 0.352 e. The maximum absolute atomic E-state index is 13.9. The van der Waals surface area contributed by atoms with E-state index in [-0.39, 0.29) is 40.8 Å². The van der Waals surface area contributed by atoms with Gasteiger partial charge in [-0.15, -0.1) is 11.6 Å². The summed E-state index contributed by atoms with van der Waals surface area (Å²) < 4.78 is 13.9. The average Bonchev–Trinajstić information content (AvgIpc) is 2.57. The number of carbonyl (C=O) groups is 2. The molecule has 2 unspecified atom stereocenters. The number of alkyl halides is 1. The minimum atomic E-state index is -0.526. The Labute approximate surface area is 154 Å². The molecule has 0 bridgehead atoms. The lowest BCUT2D eigenvalue weighted by molar-refractivity contribution is -0.126. The van der Waals surface area contributed by atoms with Crippen molar-refractivity contribution < 1.29 is 14.0 Å². The first-order chi connectivity index (χ1) is 12.5. The maximum atomic E-state index is 13.9. The lowest BCUT2D eigenvalue weighted by atomic mass is 9.49. The first-order valence-electron chi connectivity index (χ1n) is 8.60. The normalized spacial score (nSPS) is 23.2. The number of aromatic nitrogens is 2. The van der Waals surface area contributed by atoms with Crippen molar-refractivity contribution in [2.75, 3.05) is 5.88 Å². The highest BCUT2D eigenvalue weighted by Crippen LogP contribution is 2.56. The zero-order valence-corrected chi connectivity index (χ0v) is 14.7. The fourth-order valence-electron chi connectivity index (χ4n) is 4.16. The summed E-state index contributed by atoms with van der Waals surface area (Å²) in [5.41, 5.74) is 0.777. The second-order valence-corrected chi connectivity index (χ2v) is 7.25. The van der Waals surface area contributed by atoms with E-state index in [0.717, 1.165) is 19.3 Å². The third-order valence-corrected chi connectivity index (χ3v) is 5.93. The SMILES string of the molecule is O=C(CCl)NC1CC(NC(=O)c2cc(F)cc3nccnc23)C12CCC2. The minimum absolute atomic E-state index is 0.0249. The second-order valence-electron chi connectivity index (χ2n) is 6.98. The molecule has 2 fully saturated rings. The van der Waals surface area contributed by atoms with Gasteiger partial charge in [0.1, 0.15) is 17.2 Å². The van der Waals surface area contributed by atoms with E-state index in [1.54, 1.807) is 0 Å². The molecule has 0 saturated heterocycles. The summed E-state index contributed by atoms with van der Waals surface area (Å²) in [6, 6.07) is 2.41. The Morgan fingerprint density at radius 3 is 2.62 bits per heavy atom. The summed E-state index contributed by atoms with van der Waals surface area (Å²) in [6.07, 6.45) is 6.53. The van der Waals surface area contributed by atoms with Gasteiger partial charge >= 0.3 is 0 Å². The van der Waals surface area contributed by atoms with Crippen LogP contribution in [0.4, 0.5) is 4.39 Å². The molecule has 2 N–H and O–H groups in total. The van der Waals surface area contributed by atoms with Crippen LogP contribution in [0.3, 0.4) is 0 Å². The van der Waals surface area contributed by atoms with E-state index in [0.29, 0.717) is 17.5 Å². The average molecular weight is 377 g/mol. The van der Waals surface area contributed by atoms with E-state index in [4.69, 9.17) is 11.6 Å². The fourth-order valence-corrected chi connectivity index (χ4v) is 4.23. The fraction of sp³-hybridized carbons (Fsp3) is 0.444. The van der Waals surface area contributed by atoms with Crippen LogP contribution in [0.2, 0.25) is 0 Å². The smallest absolute Gasteiger partial charge is 0.253 e. The van der Waals surface area contributed by atoms with Crippen LogP contribution >= 0.6 is 11.6 Å². The zero-order valence-electron chi connectivity index (χ0n) is 14.0. The second kappa shape index (κ2) is 6.46. The van der Waals surface area contributed by atoms with Gasteiger partial charge in [-0.1, -0.05) is 6.42 Å². The molecule has 2 aromatic rings. The van der Waals surface area contributed by atoms with E-state index in [1.807, 2.05) is 0 Å². The molecule has 26 heavy (non-hydrogen) atoms. The Bertz CT molecular complexity index is 887. The molecule has 4 rings (SSSR count). The molecule has 136 valence electrons. The number of benzene rings is 1. The Morgan fingerprint density at radius 2 is 1.92 bits per heavy atom. The van der Waals surface area contributed by atoms with Crippen molar-refractivity contribution in [3.8, 4) is 0 Å². The molecule has 2 aliphatic carbocycles. The third kappa shape index (κ3) is 2.70. The summed E-state index contributed by atoms with van der Waals surface area (Å²) >= 11 is 5.57. The summed E-state index contributed by atoms with van der Waals surface area (Å²) in [7, 11) is 0. The van der Waals surface area contributed by atoms with E-state index in [1.165, 1.54) is 24.5 Å². The first-order valence-corrected chi connectivity index (χ1v) is 9.13. The number of fused-ring (bicyclic) bond motifs is 1. The summed E-state index contributed by atoms with van der Waals surface area (Å²) in [5, 5.41) is 5.94. The molecule has 2 amide bonds. The Morgan fingerprint density at radius 1 is 1.19 bits per heavy atom. The van der Waals surface area contributed by atoms with E-state index < -0.39 is 5.82 Å². The number of hydrogen-bond acceptors (Lipinski definition) is 4. The van der Waals surface area contributed by atoms with Gasteiger partial charge < -0.3 is 10.6 Å². The van der Waals surface area contributed by atoms with Crippen LogP contribution in [0.25, 0.3) is 11.0 Å². The van der Waals surface area contributed by atoms with Crippen LogP contribution in [0, 0.1) is 11.2 Å². The highest BCUT2D eigenvalue weighted by Gasteiger charge is 2.59. The number of hydrogen-bond donors (Lipinski definition) is 2. The third-order valence-electron chi connectivity index (χ3n) is 5.69. The molecule has 2 saturated carbocycles. The van der Waals surface area contributed by atoms with Gasteiger partial charge in [0.25, 0.3) is 5.91 Å². The number of halogens is 2. The van der Waals surface area contributed by atoms with Crippen LogP contribution < -0.4 is 10.6 Å². The first kappa shape index (κ1) is 17.1. The number of rotatable bonds is 4. The number of carbonyl (C=O) groups excluding carboxylic acids is 2. The van der Waals surface area contributed by atoms with Gasteiger partial charge in [0.15, 0.2) is 0 Å². The molecule has 1 spiro atoms. The molecular weight excluding hydrogens is 359 g/mol. The zero-order chi connectivity index (χ0) is 18.3. The van der Waals surface area contributed by atoms with Crippen molar-refractivity contribution in [2.45, 2.75) is 37.8 Å². The van der Waals surface area contributed by atoms with Gasteiger partial charge in [-0.2, -0.15) is 0 Å². The summed E-state index contributed by atoms with van der Waals surface area (Å²) in [6.45, 7) is 0. The molecule has 8 heteroatoms. The number of nitrogens with zero attached hydrogens (tertiary/aromatic N) is 2. The van der Waals surface area contributed by atoms with Gasteiger partial charge in [-0.3, -0.25) is 19.6 Å². The van der Waals surface area contributed by atoms with Crippen molar-refractivity contribution in [2.24, 2.45) is 5.41 Å². The van der Waals surface area contributed by atoms with Gasteiger partial charge in [0.05, 0.1) is 11.1 Å². The number of nitrogens with one attached hydrogen (secondary N) is 2. The molecular formula is C18H18ClFN4O2. The van der Waals surface area contributed by atoms with Crippen LogP contribution in [-0.2, 0) is 4.79 Å². The lowest BCUT2D eigenvalue weighted by Crippen LogP contribution is -2.71. The van der Waals surface area contributed by atoms with Crippen molar-refractivity contribution in [1.82, 2.24) is 20.6 Å². The Balaban J connectivity index is 1.54. The van der Waals surface area contributed by atoms with Gasteiger partial charge in [0, 0.05) is 36.0 Å². The van der Waals surface area contributed by atoms with Crippen LogP contribution in [0.1, 0.15) is 36.0 Å². The van der Waals surface area contributed by atoms with E-state index in [2.05, 4.69) is 20.6 Å². The lowest BCUT2D eigenvalue weighted by Gasteiger charge is -2.61. The van der Waals surface area contributed by atoms with Gasteiger partial charge in [0.2, 0.25) is 5.91 Å². The topological polar surface area (TPSA) is 84.0 Å². The highest BCUT2D eigenvalue weighted by atomic mass is 35.5. The van der Waals surface area contributed by atoms with Crippen molar-refractivity contribution in [3.05, 3.63) is 35.9 Å². The molecule has 0 aliphatic heterocycles. The van der Waals surface area contributed by atoms with Gasteiger partial charge in [-0.25, -0.2) is 4.39 Å². The monoisotopic (exact) mass is 376 g/mol. The number of amides is 2. The highest BCUT2D eigenvalue weighted by molar-refractivity contribution is 6.27.